The molecule has 3 heteroatoms. The Balaban J connectivity index is 0.00000166. The zero-order valence-electron chi connectivity index (χ0n) is 20.4. The van der Waals surface area contributed by atoms with Gasteiger partial charge in [-0.25, -0.2) is 0 Å². The second kappa shape index (κ2) is 12.4. The number of methoxy groups -OCH3 is 1. The van der Waals surface area contributed by atoms with E-state index in [2.05, 4.69) is 98.8 Å². The number of hydrogen-bond donors (Lipinski definition) is 1. The fourth-order valence-electron chi connectivity index (χ4n) is 3.96. The van der Waals surface area contributed by atoms with Gasteiger partial charge in [0.05, 0.1) is 12.6 Å². The molecule has 0 fully saturated rings. The molecule has 3 nitrogen and oxygen atoms in total. The van der Waals surface area contributed by atoms with Crippen LogP contribution in [-0.4, -0.2) is 31.2 Å². The van der Waals surface area contributed by atoms with Gasteiger partial charge in [0.2, 0.25) is 0 Å². The third kappa shape index (κ3) is 6.48. The molecule has 2 unspecified atom stereocenters. The molecule has 0 saturated heterocycles. The highest BCUT2D eigenvalue weighted by Gasteiger charge is 2.22. The van der Waals surface area contributed by atoms with Crippen molar-refractivity contribution < 1.29 is 4.74 Å². The SMILES string of the molecule is C/C=C(/NCCOC)N1C=C(C2=C(c3cccc(C)c3)CC(C)C=C2)C=CC1C.CC. The molecular weight excluding hydrogens is 380 g/mol. The van der Waals surface area contributed by atoms with Gasteiger partial charge in [0.25, 0.3) is 0 Å². The summed E-state index contributed by atoms with van der Waals surface area (Å²) in [7, 11) is 1.73. The Hall–Kier alpha value is -2.52. The summed E-state index contributed by atoms with van der Waals surface area (Å²) >= 11 is 0. The molecule has 2 atom stereocenters. The van der Waals surface area contributed by atoms with Crippen molar-refractivity contribution >= 4 is 5.57 Å². The number of allylic oxidation sites excluding steroid dienone is 7. The van der Waals surface area contributed by atoms with E-state index < -0.39 is 0 Å². The van der Waals surface area contributed by atoms with Crippen LogP contribution in [0.1, 0.15) is 52.2 Å². The number of nitrogens with zero attached hydrogens (tertiary/aromatic N) is 1. The third-order valence-electron chi connectivity index (χ3n) is 5.56. The van der Waals surface area contributed by atoms with Crippen molar-refractivity contribution in [2.75, 3.05) is 20.3 Å². The molecule has 0 bridgehead atoms. The van der Waals surface area contributed by atoms with Gasteiger partial charge in [0.1, 0.15) is 5.82 Å². The zero-order valence-corrected chi connectivity index (χ0v) is 20.4. The smallest absolute Gasteiger partial charge is 0.102 e. The monoisotopic (exact) mass is 420 g/mol. The summed E-state index contributed by atoms with van der Waals surface area (Å²) in [5.74, 6) is 1.67. The van der Waals surface area contributed by atoms with E-state index in [0.717, 1.165) is 18.8 Å². The maximum Gasteiger partial charge on any atom is 0.102 e. The highest BCUT2D eigenvalue weighted by Crippen LogP contribution is 2.37. The number of hydrogen-bond acceptors (Lipinski definition) is 3. The van der Waals surface area contributed by atoms with Gasteiger partial charge >= 0.3 is 0 Å². The van der Waals surface area contributed by atoms with Gasteiger partial charge in [-0.1, -0.05) is 74.9 Å². The lowest BCUT2D eigenvalue weighted by Crippen LogP contribution is -2.36. The molecule has 168 valence electrons. The van der Waals surface area contributed by atoms with E-state index in [1.165, 1.54) is 27.8 Å². The number of nitrogens with one attached hydrogen (secondary N) is 1. The fourth-order valence-corrected chi connectivity index (χ4v) is 3.96. The Labute approximate surface area is 189 Å². The van der Waals surface area contributed by atoms with Gasteiger partial charge in [0.15, 0.2) is 0 Å². The van der Waals surface area contributed by atoms with Crippen LogP contribution >= 0.6 is 0 Å². The Morgan fingerprint density at radius 3 is 2.65 bits per heavy atom. The molecule has 31 heavy (non-hydrogen) atoms. The number of ether oxygens (including phenoxy) is 1. The lowest BCUT2D eigenvalue weighted by Gasteiger charge is -2.33. The molecule has 0 spiro atoms. The van der Waals surface area contributed by atoms with E-state index in [1.807, 2.05) is 13.8 Å². The Kier molecular flexibility index (Phi) is 9.87. The highest BCUT2D eigenvalue weighted by molar-refractivity contribution is 5.78. The molecule has 0 radical (unpaired) electrons. The number of benzene rings is 1. The summed E-state index contributed by atoms with van der Waals surface area (Å²) in [6.45, 7) is 14.2. The van der Waals surface area contributed by atoms with Crippen molar-refractivity contribution in [1.82, 2.24) is 10.2 Å². The number of aryl methyl sites for hydroxylation is 1. The van der Waals surface area contributed by atoms with Crippen LogP contribution < -0.4 is 5.32 Å². The molecule has 1 aliphatic carbocycles. The minimum absolute atomic E-state index is 0.300. The van der Waals surface area contributed by atoms with Crippen molar-refractivity contribution in [3.8, 4) is 0 Å². The van der Waals surface area contributed by atoms with Gasteiger partial charge in [0, 0.05) is 19.9 Å². The van der Waals surface area contributed by atoms with Crippen LogP contribution in [0.4, 0.5) is 0 Å². The first-order valence-corrected chi connectivity index (χ1v) is 11.6. The molecule has 2 aliphatic rings. The predicted octanol–water partition coefficient (Wildman–Crippen LogP) is 6.61. The van der Waals surface area contributed by atoms with Gasteiger partial charge in [-0.05, 0) is 61.5 Å². The maximum absolute atomic E-state index is 5.20. The minimum Gasteiger partial charge on any atom is -0.383 e. The lowest BCUT2D eigenvalue weighted by molar-refractivity contribution is 0.198. The Morgan fingerprint density at radius 2 is 1.97 bits per heavy atom. The van der Waals surface area contributed by atoms with E-state index in [1.54, 1.807) is 7.11 Å². The van der Waals surface area contributed by atoms with E-state index in [4.69, 9.17) is 4.74 Å². The molecule has 1 N–H and O–H groups in total. The molecule has 1 aromatic rings. The molecule has 0 saturated carbocycles. The first-order valence-electron chi connectivity index (χ1n) is 11.6. The van der Waals surface area contributed by atoms with Crippen LogP contribution in [0, 0.1) is 12.8 Å². The van der Waals surface area contributed by atoms with E-state index >= 15 is 0 Å². The maximum atomic E-state index is 5.20. The molecular formula is C28H40N2O. The fraction of sp³-hybridized carbons (Fsp3) is 0.429. The quantitative estimate of drug-likeness (QED) is 0.502. The first kappa shape index (κ1) is 24.7. The van der Waals surface area contributed by atoms with E-state index in [0.29, 0.717) is 18.6 Å². The van der Waals surface area contributed by atoms with Crippen molar-refractivity contribution in [1.29, 1.82) is 0 Å². The summed E-state index contributed by atoms with van der Waals surface area (Å²) in [5.41, 5.74) is 6.66. The molecule has 1 aromatic carbocycles. The standard InChI is InChI=1S/C26H34N2O.C2H6/c1-6-26(27-14-15-29-5)28-18-23(12-11-21(28)4)24-13-10-20(3)17-25(24)22-9-7-8-19(2)16-22;1-2/h6-13,16,18,20-21,27H,14-15,17H2,1-5H3;1-2H3/b26-6-;. The van der Waals surface area contributed by atoms with Gasteiger partial charge in [-0.2, -0.15) is 0 Å². The lowest BCUT2D eigenvalue weighted by atomic mass is 9.83. The minimum atomic E-state index is 0.300. The summed E-state index contributed by atoms with van der Waals surface area (Å²) < 4.78 is 5.20. The number of rotatable bonds is 7. The molecule has 0 aromatic heterocycles. The zero-order chi connectivity index (χ0) is 22.8. The van der Waals surface area contributed by atoms with Crippen LogP contribution in [0.5, 0.6) is 0 Å². The van der Waals surface area contributed by atoms with Crippen molar-refractivity contribution in [3.05, 3.63) is 88.9 Å². The predicted molar refractivity (Wildman–Crippen MR) is 135 cm³/mol. The van der Waals surface area contributed by atoms with Crippen LogP contribution in [0.25, 0.3) is 5.57 Å². The summed E-state index contributed by atoms with van der Waals surface area (Å²) in [5, 5.41) is 3.50. The second-order valence-electron chi connectivity index (χ2n) is 7.99. The van der Waals surface area contributed by atoms with Gasteiger partial charge in [-0.3, -0.25) is 0 Å². The van der Waals surface area contributed by atoms with E-state index in [-0.39, 0.29) is 0 Å². The normalized spacial score (nSPS) is 20.9. The molecule has 1 aliphatic heterocycles. The van der Waals surface area contributed by atoms with Crippen LogP contribution in [0.2, 0.25) is 0 Å². The topological polar surface area (TPSA) is 24.5 Å². The highest BCUT2D eigenvalue weighted by atomic mass is 16.5. The van der Waals surface area contributed by atoms with E-state index in [9.17, 15) is 0 Å². The second-order valence-corrected chi connectivity index (χ2v) is 7.99. The van der Waals surface area contributed by atoms with Crippen molar-refractivity contribution in [3.63, 3.8) is 0 Å². The van der Waals surface area contributed by atoms with Crippen molar-refractivity contribution in [2.24, 2.45) is 5.92 Å². The molecule has 3 rings (SSSR count). The Morgan fingerprint density at radius 1 is 1.19 bits per heavy atom. The summed E-state index contributed by atoms with van der Waals surface area (Å²) in [6, 6.07) is 9.17. The Bertz CT molecular complexity index is 873. The van der Waals surface area contributed by atoms with Crippen molar-refractivity contribution in [2.45, 2.75) is 54.0 Å². The largest absolute Gasteiger partial charge is 0.383 e. The average molecular weight is 421 g/mol. The van der Waals surface area contributed by atoms with Gasteiger partial charge < -0.3 is 15.0 Å². The van der Waals surface area contributed by atoms with Crippen LogP contribution in [-0.2, 0) is 4.74 Å². The average Bonchev–Trinajstić information content (AvgIpc) is 2.79. The van der Waals surface area contributed by atoms with Crippen LogP contribution in [0.3, 0.4) is 0 Å². The van der Waals surface area contributed by atoms with Crippen LogP contribution in [0.15, 0.2) is 77.8 Å². The molecule has 0 amide bonds. The summed E-state index contributed by atoms with van der Waals surface area (Å²) in [6.07, 6.45) is 14.7. The third-order valence-corrected chi connectivity index (χ3v) is 5.56. The van der Waals surface area contributed by atoms with Gasteiger partial charge in [-0.15, -0.1) is 0 Å². The molecule has 1 heterocycles. The first-order chi connectivity index (χ1) is 15.0. The summed E-state index contributed by atoms with van der Waals surface area (Å²) in [4.78, 5) is 2.32.